The Hall–Kier alpha value is -1.24. The van der Waals surface area contributed by atoms with Gasteiger partial charge in [0.1, 0.15) is 0 Å². The maximum absolute atomic E-state index is 12.7. The molecule has 5 nitrogen and oxygen atoms in total. The molecule has 7 heteroatoms. The van der Waals surface area contributed by atoms with Crippen LogP contribution >= 0.6 is 24.2 Å². The molecule has 3 rings (SSSR count). The maximum atomic E-state index is 12.7. The van der Waals surface area contributed by atoms with E-state index in [1.165, 1.54) is 11.8 Å². The molecule has 0 bridgehead atoms. The first-order chi connectivity index (χ1) is 10.6. The van der Waals surface area contributed by atoms with Gasteiger partial charge in [-0.2, -0.15) is 0 Å². The molecule has 2 N–H and O–H groups in total. The predicted octanol–water partition coefficient (Wildman–Crippen LogP) is 2.37. The Bertz CT molecular complexity index is 611. The highest BCUT2D eigenvalue weighted by Crippen LogP contribution is 2.36. The number of rotatable bonds is 2. The van der Waals surface area contributed by atoms with E-state index in [2.05, 4.69) is 10.6 Å². The smallest absolute Gasteiger partial charge is 0.253 e. The van der Waals surface area contributed by atoms with Crippen LogP contribution in [0.2, 0.25) is 0 Å². The Morgan fingerprint density at radius 1 is 1.43 bits per heavy atom. The second-order valence-electron chi connectivity index (χ2n) is 5.84. The maximum Gasteiger partial charge on any atom is 0.253 e. The van der Waals surface area contributed by atoms with Crippen LogP contribution in [0.25, 0.3) is 0 Å². The minimum absolute atomic E-state index is 0. The lowest BCUT2D eigenvalue weighted by molar-refractivity contribution is -0.115. The summed E-state index contributed by atoms with van der Waals surface area (Å²) >= 11 is 1.53. The standard InChI is InChI=1S/C16H21N3O2S.ClH/c1-10-15(20)18-13-8-11(5-6-14(13)22-10)16(21)19-7-3-4-12(9-19)17-2;/h5-6,8,10,12,17H,3-4,7,9H2,1-2H3,(H,18,20);1H. The summed E-state index contributed by atoms with van der Waals surface area (Å²) in [7, 11) is 1.94. The molecule has 2 aliphatic rings. The van der Waals surface area contributed by atoms with E-state index in [1.807, 2.05) is 31.0 Å². The van der Waals surface area contributed by atoms with Gasteiger partial charge in [-0.05, 0) is 45.0 Å². The van der Waals surface area contributed by atoms with Gasteiger partial charge in [0.15, 0.2) is 0 Å². The number of carbonyl (C=O) groups excluding carboxylic acids is 2. The van der Waals surface area contributed by atoms with E-state index in [4.69, 9.17) is 0 Å². The predicted molar refractivity (Wildman–Crippen MR) is 95.6 cm³/mol. The molecule has 1 fully saturated rings. The van der Waals surface area contributed by atoms with Gasteiger partial charge < -0.3 is 15.5 Å². The van der Waals surface area contributed by atoms with Crippen molar-refractivity contribution in [2.75, 3.05) is 25.5 Å². The Balaban J connectivity index is 0.00000192. The van der Waals surface area contributed by atoms with Crippen molar-refractivity contribution in [3.8, 4) is 0 Å². The molecule has 1 aromatic rings. The number of piperidine rings is 1. The number of nitrogens with zero attached hydrogens (tertiary/aromatic N) is 1. The summed E-state index contributed by atoms with van der Waals surface area (Å²) in [6, 6.07) is 5.97. The molecular formula is C16H22ClN3O2S. The summed E-state index contributed by atoms with van der Waals surface area (Å²) in [5.74, 6) is 0.0379. The van der Waals surface area contributed by atoms with E-state index in [9.17, 15) is 9.59 Å². The number of hydrogen-bond donors (Lipinski definition) is 2. The average molecular weight is 356 g/mol. The quantitative estimate of drug-likeness (QED) is 0.855. The fraction of sp³-hybridized carbons (Fsp3) is 0.500. The number of nitrogens with one attached hydrogen (secondary N) is 2. The lowest BCUT2D eigenvalue weighted by Gasteiger charge is -2.33. The SMILES string of the molecule is CNC1CCCN(C(=O)c2ccc3c(c2)NC(=O)C(C)S3)C1.Cl. The molecule has 0 aliphatic carbocycles. The number of carbonyl (C=O) groups is 2. The van der Waals surface area contributed by atoms with Crippen LogP contribution in [0, 0.1) is 0 Å². The van der Waals surface area contributed by atoms with Crippen molar-refractivity contribution in [3.05, 3.63) is 23.8 Å². The zero-order valence-corrected chi connectivity index (χ0v) is 14.9. The number of thioether (sulfide) groups is 1. The highest BCUT2D eigenvalue weighted by atomic mass is 35.5. The van der Waals surface area contributed by atoms with Crippen LogP contribution in [0.1, 0.15) is 30.1 Å². The van der Waals surface area contributed by atoms with Gasteiger partial charge in [-0.15, -0.1) is 24.2 Å². The number of amides is 2. The lowest BCUT2D eigenvalue weighted by atomic mass is 10.0. The molecule has 23 heavy (non-hydrogen) atoms. The van der Waals surface area contributed by atoms with Crippen LogP contribution in [-0.4, -0.2) is 48.1 Å². The molecule has 0 spiro atoms. The van der Waals surface area contributed by atoms with Crippen LogP contribution in [0.5, 0.6) is 0 Å². The molecule has 2 atom stereocenters. The molecule has 2 heterocycles. The summed E-state index contributed by atoms with van der Waals surface area (Å²) in [6.07, 6.45) is 2.13. The van der Waals surface area contributed by atoms with E-state index in [0.29, 0.717) is 11.6 Å². The summed E-state index contributed by atoms with van der Waals surface area (Å²) in [5, 5.41) is 6.04. The number of benzene rings is 1. The number of likely N-dealkylation sites (N-methyl/N-ethyl adjacent to an activating group) is 1. The highest BCUT2D eigenvalue weighted by molar-refractivity contribution is 8.00. The number of fused-ring (bicyclic) bond motifs is 1. The van der Waals surface area contributed by atoms with Gasteiger partial charge in [0.25, 0.3) is 5.91 Å². The summed E-state index contributed by atoms with van der Waals surface area (Å²) in [6.45, 7) is 3.42. The third kappa shape index (κ3) is 3.82. The van der Waals surface area contributed by atoms with Crippen molar-refractivity contribution in [1.29, 1.82) is 0 Å². The van der Waals surface area contributed by atoms with Gasteiger partial charge >= 0.3 is 0 Å². The summed E-state index contributed by atoms with van der Waals surface area (Å²) in [4.78, 5) is 27.4. The molecule has 2 unspecified atom stereocenters. The second kappa shape index (κ2) is 7.55. The molecule has 0 radical (unpaired) electrons. The van der Waals surface area contributed by atoms with Gasteiger partial charge in [0.2, 0.25) is 5.91 Å². The molecule has 1 aromatic carbocycles. The number of likely N-dealkylation sites (tertiary alicyclic amines) is 1. The minimum Gasteiger partial charge on any atom is -0.337 e. The monoisotopic (exact) mass is 355 g/mol. The van der Waals surface area contributed by atoms with E-state index in [-0.39, 0.29) is 29.5 Å². The van der Waals surface area contributed by atoms with Gasteiger partial charge in [0.05, 0.1) is 10.9 Å². The van der Waals surface area contributed by atoms with Crippen molar-refractivity contribution in [2.24, 2.45) is 0 Å². The van der Waals surface area contributed by atoms with E-state index in [0.717, 1.165) is 36.5 Å². The number of halogens is 1. The highest BCUT2D eigenvalue weighted by Gasteiger charge is 2.26. The van der Waals surface area contributed by atoms with Gasteiger partial charge in [-0.1, -0.05) is 0 Å². The van der Waals surface area contributed by atoms with Crippen molar-refractivity contribution in [2.45, 2.75) is 36.0 Å². The first-order valence-electron chi connectivity index (χ1n) is 7.66. The molecule has 0 saturated carbocycles. The Kier molecular flexibility index (Phi) is 5.95. The molecule has 126 valence electrons. The topological polar surface area (TPSA) is 61.4 Å². The normalized spacial score (nSPS) is 23.6. The fourth-order valence-corrected chi connectivity index (χ4v) is 3.85. The molecule has 2 amide bonds. The zero-order valence-electron chi connectivity index (χ0n) is 13.3. The van der Waals surface area contributed by atoms with Gasteiger partial charge in [-0.3, -0.25) is 9.59 Å². The average Bonchev–Trinajstić information content (AvgIpc) is 2.55. The summed E-state index contributed by atoms with van der Waals surface area (Å²) in [5.41, 5.74) is 1.40. The van der Waals surface area contributed by atoms with E-state index in [1.54, 1.807) is 6.07 Å². The zero-order chi connectivity index (χ0) is 15.7. The Morgan fingerprint density at radius 3 is 2.96 bits per heavy atom. The van der Waals surface area contributed by atoms with Crippen LogP contribution in [0.3, 0.4) is 0 Å². The first-order valence-corrected chi connectivity index (χ1v) is 8.54. The summed E-state index contributed by atoms with van der Waals surface area (Å²) < 4.78 is 0. The van der Waals surface area contributed by atoms with Crippen molar-refractivity contribution < 1.29 is 9.59 Å². The van der Waals surface area contributed by atoms with Crippen LogP contribution in [0.4, 0.5) is 5.69 Å². The Labute approximate surface area is 147 Å². The van der Waals surface area contributed by atoms with Crippen molar-refractivity contribution in [3.63, 3.8) is 0 Å². The van der Waals surface area contributed by atoms with Gasteiger partial charge in [-0.25, -0.2) is 0 Å². The molecule has 2 aliphatic heterocycles. The number of anilines is 1. The van der Waals surface area contributed by atoms with Crippen molar-refractivity contribution in [1.82, 2.24) is 10.2 Å². The number of hydrogen-bond acceptors (Lipinski definition) is 4. The molecular weight excluding hydrogens is 334 g/mol. The largest absolute Gasteiger partial charge is 0.337 e. The minimum atomic E-state index is -0.0902. The third-order valence-electron chi connectivity index (χ3n) is 4.27. The van der Waals surface area contributed by atoms with Crippen molar-refractivity contribution >= 4 is 41.7 Å². The molecule has 0 aromatic heterocycles. The first kappa shape index (κ1) is 18.1. The van der Waals surface area contributed by atoms with E-state index >= 15 is 0 Å². The second-order valence-corrected chi connectivity index (χ2v) is 7.22. The van der Waals surface area contributed by atoms with Crippen LogP contribution < -0.4 is 10.6 Å². The molecule has 1 saturated heterocycles. The van der Waals surface area contributed by atoms with Crippen LogP contribution in [-0.2, 0) is 4.79 Å². The third-order valence-corrected chi connectivity index (χ3v) is 5.45. The van der Waals surface area contributed by atoms with Crippen LogP contribution in [0.15, 0.2) is 23.1 Å². The Morgan fingerprint density at radius 2 is 2.22 bits per heavy atom. The fourth-order valence-electron chi connectivity index (χ4n) is 2.92. The van der Waals surface area contributed by atoms with E-state index < -0.39 is 0 Å². The van der Waals surface area contributed by atoms with Gasteiger partial charge in [0, 0.05) is 29.6 Å². The lowest BCUT2D eigenvalue weighted by Crippen LogP contribution is -2.47.